The Bertz CT molecular complexity index is 1490. The molecule has 2 aromatic rings. The molecule has 4 aliphatic heterocycles. The van der Waals surface area contributed by atoms with Gasteiger partial charge < -0.3 is 33.7 Å². The van der Waals surface area contributed by atoms with Crippen LogP contribution in [0.5, 0.6) is 28.7 Å². The second-order valence-electron chi connectivity index (χ2n) is 13.2. The smallest absolute Gasteiger partial charge is 0.338 e. The molecule has 4 heterocycles. The molecule has 1 fully saturated rings. The highest BCUT2D eigenvalue weighted by Gasteiger charge is 2.49. The molecule has 1 saturated heterocycles. The van der Waals surface area contributed by atoms with Gasteiger partial charge in [0.25, 0.3) is 0 Å². The molecule has 0 spiro atoms. The zero-order valence-corrected chi connectivity index (χ0v) is 25.9. The maximum atomic E-state index is 13.6. The van der Waals surface area contributed by atoms with Crippen LogP contribution in [0.25, 0.3) is 0 Å². The van der Waals surface area contributed by atoms with Crippen LogP contribution >= 0.6 is 0 Å². The number of rotatable bonds is 5. The SMILES string of the molecule is C=C(C)[C@H]1Cc2c(ccc3c2O[C@@H]2COc4cc(OC)c(OC)cc4[C@@H]2/C3=N\OC(=O)C2CC(C)(C)N(O)C(C)(C)C2)O1. The zero-order valence-electron chi connectivity index (χ0n) is 25.9. The van der Waals surface area contributed by atoms with Crippen molar-refractivity contribution in [2.75, 3.05) is 20.8 Å². The first-order valence-corrected chi connectivity index (χ1v) is 14.7. The van der Waals surface area contributed by atoms with Crippen molar-refractivity contribution in [3.63, 3.8) is 0 Å². The van der Waals surface area contributed by atoms with E-state index in [-0.39, 0.29) is 12.7 Å². The molecule has 1 N–H and O–H groups in total. The first kappa shape index (κ1) is 29.3. The highest BCUT2D eigenvalue weighted by molar-refractivity contribution is 6.09. The summed E-state index contributed by atoms with van der Waals surface area (Å²) in [4.78, 5) is 19.4. The van der Waals surface area contributed by atoms with Gasteiger partial charge in [0.05, 0.1) is 26.1 Å². The minimum atomic E-state index is -0.607. The number of oxime groups is 1. The van der Waals surface area contributed by atoms with Gasteiger partial charge in [-0.05, 0) is 71.2 Å². The molecule has 43 heavy (non-hydrogen) atoms. The number of hydrogen-bond acceptors (Lipinski definition) is 10. The fourth-order valence-electron chi connectivity index (χ4n) is 7.07. The summed E-state index contributed by atoms with van der Waals surface area (Å²) in [5.41, 5.74) is 2.73. The van der Waals surface area contributed by atoms with E-state index in [1.807, 2.05) is 52.8 Å². The predicted molar refractivity (Wildman–Crippen MR) is 159 cm³/mol. The third kappa shape index (κ3) is 4.90. The van der Waals surface area contributed by atoms with Gasteiger partial charge in [-0.2, -0.15) is 5.06 Å². The number of fused-ring (bicyclic) bond motifs is 6. The van der Waals surface area contributed by atoms with Gasteiger partial charge in [-0.25, -0.2) is 4.79 Å². The van der Waals surface area contributed by atoms with E-state index in [1.165, 1.54) is 5.06 Å². The Morgan fingerprint density at radius 2 is 1.72 bits per heavy atom. The molecule has 0 radical (unpaired) electrons. The van der Waals surface area contributed by atoms with Crippen molar-refractivity contribution in [3.05, 3.63) is 53.1 Å². The van der Waals surface area contributed by atoms with Crippen molar-refractivity contribution < 1.29 is 38.5 Å². The number of carbonyl (C=O) groups is 1. The Morgan fingerprint density at radius 1 is 1.05 bits per heavy atom. The van der Waals surface area contributed by atoms with Crippen molar-refractivity contribution in [1.29, 1.82) is 0 Å². The second kappa shape index (κ2) is 10.4. The van der Waals surface area contributed by atoms with E-state index in [4.69, 9.17) is 28.5 Å². The van der Waals surface area contributed by atoms with E-state index in [0.717, 1.165) is 28.0 Å². The van der Waals surface area contributed by atoms with Crippen LogP contribution in [-0.2, 0) is 16.1 Å². The summed E-state index contributed by atoms with van der Waals surface area (Å²) >= 11 is 0. The van der Waals surface area contributed by atoms with Crippen molar-refractivity contribution >= 4 is 11.7 Å². The van der Waals surface area contributed by atoms with Crippen LogP contribution in [0.2, 0.25) is 0 Å². The monoisotopic (exact) mass is 592 g/mol. The lowest BCUT2D eigenvalue weighted by Crippen LogP contribution is -2.59. The summed E-state index contributed by atoms with van der Waals surface area (Å²) in [5.74, 6) is 1.82. The summed E-state index contributed by atoms with van der Waals surface area (Å²) in [6.07, 6.45) is 0.892. The molecule has 230 valence electrons. The normalized spacial score (nSPS) is 26.0. The van der Waals surface area contributed by atoms with Gasteiger partial charge in [-0.1, -0.05) is 11.7 Å². The Balaban J connectivity index is 1.42. The van der Waals surface area contributed by atoms with Crippen molar-refractivity contribution in [2.24, 2.45) is 11.1 Å². The Kier molecular flexibility index (Phi) is 7.12. The Labute approximate surface area is 252 Å². The van der Waals surface area contributed by atoms with Gasteiger partial charge >= 0.3 is 5.97 Å². The molecular formula is C33H40N2O8. The fourth-order valence-corrected chi connectivity index (χ4v) is 7.07. The summed E-state index contributed by atoms with van der Waals surface area (Å²) in [6, 6.07) is 7.48. The summed E-state index contributed by atoms with van der Waals surface area (Å²) in [6.45, 7) is 14.0. The van der Waals surface area contributed by atoms with Crippen LogP contribution in [-0.4, -0.2) is 66.1 Å². The van der Waals surface area contributed by atoms with Crippen LogP contribution in [0.4, 0.5) is 0 Å². The number of benzene rings is 2. The third-order valence-corrected chi connectivity index (χ3v) is 9.10. The predicted octanol–water partition coefficient (Wildman–Crippen LogP) is 5.43. The van der Waals surface area contributed by atoms with Crippen LogP contribution in [0.3, 0.4) is 0 Å². The number of hydroxylamine groups is 2. The van der Waals surface area contributed by atoms with E-state index < -0.39 is 35.0 Å². The van der Waals surface area contributed by atoms with Crippen molar-refractivity contribution in [3.8, 4) is 28.7 Å². The molecule has 0 saturated carbocycles. The fraction of sp³-hybridized carbons (Fsp3) is 0.515. The molecule has 0 amide bonds. The van der Waals surface area contributed by atoms with Crippen LogP contribution in [0, 0.1) is 5.92 Å². The average molecular weight is 593 g/mol. The van der Waals surface area contributed by atoms with Gasteiger partial charge in [-0.15, -0.1) is 0 Å². The molecule has 0 aliphatic carbocycles. The van der Waals surface area contributed by atoms with E-state index in [1.54, 1.807) is 20.3 Å². The van der Waals surface area contributed by atoms with Crippen LogP contribution in [0.15, 0.2) is 41.6 Å². The molecular weight excluding hydrogens is 552 g/mol. The van der Waals surface area contributed by atoms with Gasteiger partial charge in [0.2, 0.25) is 0 Å². The first-order chi connectivity index (χ1) is 20.3. The number of carbonyl (C=O) groups excluding carboxylic acids is 1. The first-order valence-electron chi connectivity index (χ1n) is 14.7. The molecule has 6 rings (SSSR count). The van der Waals surface area contributed by atoms with Crippen molar-refractivity contribution in [1.82, 2.24) is 5.06 Å². The summed E-state index contributed by atoms with van der Waals surface area (Å²) in [7, 11) is 3.16. The molecule has 10 heteroatoms. The lowest BCUT2D eigenvalue weighted by atomic mass is 9.75. The maximum absolute atomic E-state index is 13.6. The zero-order chi connectivity index (χ0) is 30.8. The molecule has 0 unspecified atom stereocenters. The maximum Gasteiger partial charge on any atom is 0.338 e. The second-order valence-corrected chi connectivity index (χ2v) is 13.2. The Hall–Kier alpha value is -3.76. The lowest BCUT2D eigenvalue weighted by molar-refractivity contribution is -0.251. The largest absolute Gasteiger partial charge is 0.493 e. The quantitative estimate of drug-likeness (QED) is 0.276. The van der Waals surface area contributed by atoms with Crippen LogP contribution in [0.1, 0.15) is 70.1 Å². The van der Waals surface area contributed by atoms with Crippen LogP contribution < -0.4 is 23.7 Å². The summed E-state index contributed by atoms with van der Waals surface area (Å²) in [5, 5.41) is 16.7. The minimum Gasteiger partial charge on any atom is -0.493 e. The van der Waals surface area contributed by atoms with Gasteiger partial charge in [-0.3, -0.25) is 0 Å². The molecule has 3 atom stereocenters. The number of hydrogen-bond donors (Lipinski definition) is 1. The van der Waals surface area contributed by atoms with E-state index in [0.29, 0.717) is 48.0 Å². The molecule has 2 aromatic carbocycles. The standard InChI is InChI=1S/C33H40N2O8/c1-17(2)23-12-21-22(41-23)10-9-19-29(34-43-31(36)18-14-32(3,4)35(37)33(5,6)15-18)28-20-11-25(38-7)26(39-8)13-24(20)40-16-27(28)42-30(19)21/h9-11,13,18,23,27-28,37H,1,12,14-16H2,2-8H3/b34-29-/t23-,27-,28+/m1/s1. The number of ether oxygens (including phenoxy) is 5. The van der Waals surface area contributed by atoms with E-state index >= 15 is 0 Å². The number of methoxy groups -OCH3 is 2. The van der Waals surface area contributed by atoms with E-state index in [9.17, 15) is 10.0 Å². The van der Waals surface area contributed by atoms with Gasteiger partial charge in [0.1, 0.15) is 41.8 Å². The highest BCUT2D eigenvalue weighted by atomic mass is 16.7. The molecule has 0 aromatic heterocycles. The van der Waals surface area contributed by atoms with Gasteiger partial charge in [0.15, 0.2) is 11.5 Å². The Morgan fingerprint density at radius 3 is 2.37 bits per heavy atom. The molecule has 0 bridgehead atoms. The number of piperidine rings is 1. The highest BCUT2D eigenvalue weighted by Crippen LogP contribution is 2.50. The van der Waals surface area contributed by atoms with E-state index in [2.05, 4.69) is 11.7 Å². The molecule has 10 nitrogen and oxygen atoms in total. The van der Waals surface area contributed by atoms with Crippen molar-refractivity contribution in [2.45, 2.75) is 83.1 Å². The molecule has 4 aliphatic rings. The number of nitrogens with zero attached hydrogens (tertiary/aromatic N) is 2. The summed E-state index contributed by atoms with van der Waals surface area (Å²) < 4.78 is 30.1. The average Bonchev–Trinajstić information content (AvgIpc) is 3.42. The minimum absolute atomic E-state index is 0.148. The lowest BCUT2D eigenvalue weighted by Gasteiger charge is -2.50. The van der Waals surface area contributed by atoms with Gasteiger partial charge in [0, 0.05) is 40.3 Å². The topological polar surface area (TPSA) is 108 Å². The third-order valence-electron chi connectivity index (χ3n) is 9.10.